The molecule has 2 aromatic heterocycles. The standard InChI is InChI=1S/C16H24N6O2/c1-7-8-21-13(23)11-12(19(5)15(21)24)17-14-20(6)18-10(9-22(11)14)16(2,3)4/h7-9H2,1-6H3. The fourth-order valence-corrected chi connectivity index (χ4v) is 2.97. The highest BCUT2D eigenvalue weighted by atomic mass is 16.2. The Hall–Kier alpha value is -2.38. The largest absolute Gasteiger partial charge is 0.332 e. The van der Waals surface area contributed by atoms with Crippen molar-refractivity contribution in [2.24, 2.45) is 17.6 Å². The molecule has 0 saturated heterocycles. The van der Waals surface area contributed by atoms with Crippen LogP contribution in [0.1, 0.15) is 34.1 Å². The maximum absolute atomic E-state index is 12.9. The molecule has 0 spiro atoms. The van der Waals surface area contributed by atoms with E-state index in [0.29, 0.717) is 30.2 Å². The molecular weight excluding hydrogens is 308 g/mol. The molecule has 0 amide bonds. The molecule has 8 heteroatoms. The number of rotatable bonds is 2. The molecule has 1 aliphatic rings. The molecule has 2 aromatic rings. The van der Waals surface area contributed by atoms with Gasteiger partial charge in [-0.3, -0.25) is 18.5 Å². The van der Waals surface area contributed by atoms with Crippen LogP contribution in [0.4, 0.5) is 5.95 Å². The first kappa shape index (κ1) is 16.5. The molecule has 0 unspecified atom stereocenters. The highest BCUT2D eigenvalue weighted by Gasteiger charge is 2.30. The van der Waals surface area contributed by atoms with Crippen LogP contribution in [0.5, 0.6) is 0 Å². The summed E-state index contributed by atoms with van der Waals surface area (Å²) in [4.78, 5) is 29.9. The molecule has 0 fully saturated rings. The molecule has 8 nitrogen and oxygen atoms in total. The van der Waals surface area contributed by atoms with Gasteiger partial charge in [0.2, 0.25) is 5.95 Å². The summed E-state index contributed by atoms with van der Waals surface area (Å²) in [6.07, 6.45) is 0.719. The second kappa shape index (κ2) is 5.32. The van der Waals surface area contributed by atoms with Crippen LogP contribution in [0.25, 0.3) is 11.2 Å². The number of fused-ring (bicyclic) bond motifs is 3. The van der Waals surface area contributed by atoms with Crippen LogP contribution in [0.15, 0.2) is 14.7 Å². The lowest BCUT2D eigenvalue weighted by molar-refractivity contribution is 0.553. The smallest absolute Gasteiger partial charge is 0.297 e. The van der Waals surface area contributed by atoms with Crippen LogP contribution < -0.4 is 16.3 Å². The number of hydrogen-bond acceptors (Lipinski definition) is 5. The monoisotopic (exact) mass is 332 g/mol. The zero-order chi connectivity index (χ0) is 17.8. The number of aromatic nitrogens is 4. The molecule has 1 aliphatic heterocycles. The van der Waals surface area contributed by atoms with E-state index in [9.17, 15) is 9.59 Å². The van der Waals surface area contributed by atoms with E-state index >= 15 is 0 Å². The number of imidazole rings is 1. The second-order valence-corrected chi connectivity index (χ2v) is 7.29. The summed E-state index contributed by atoms with van der Waals surface area (Å²) in [6, 6.07) is 0. The van der Waals surface area contributed by atoms with E-state index in [1.165, 1.54) is 9.13 Å². The van der Waals surface area contributed by atoms with Gasteiger partial charge in [-0.05, 0) is 6.42 Å². The lowest BCUT2D eigenvalue weighted by Crippen LogP contribution is -2.40. The highest BCUT2D eigenvalue weighted by Crippen LogP contribution is 2.27. The third-order valence-corrected chi connectivity index (χ3v) is 4.39. The normalized spacial score (nSPS) is 14.9. The zero-order valence-electron chi connectivity index (χ0n) is 15.1. The van der Waals surface area contributed by atoms with E-state index < -0.39 is 0 Å². The summed E-state index contributed by atoms with van der Waals surface area (Å²) >= 11 is 0. The van der Waals surface area contributed by atoms with Crippen molar-refractivity contribution in [3.05, 3.63) is 20.8 Å². The van der Waals surface area contributed by atoms with Gasteiger partial charge >= 0.3 is 5.69 Å². The third kappa shape index (κ3) is 2.28. The Kier molecular flexibility index (Phi) is 3.65. The van der Waals surface area contributed by atoms with Crippen molar-refractivity contribution < 1.29 is 0 Å². The summed E-state index contributed by atoms with van der Waals surface area (Å²) in [7, 11) is 3.46. The summed E-state index contributed by atoms with van der Waals surface area (Å²) in [6.45, 7) is 9.12. The quantitative estimate of drug-likeness (QED) is 0.827. The molecular formula is C16H24N6O2. The predicted octanol–water partition coefficient (Wildman–Crippen LogP) is 1.16. The Morgan fingerprint density at radius 2 is 1.83 bits per heavy atom. The van der Waals surface area contributed by atoms with Crippen LogP contribution in [-0.4, -0.2) is 31.4 Å². The van der Waals surface area contributed by atoms with Crippen molar-refractivity contribution in [1.29, 1.82) is 0 Å². The molecule has 0 aromatic carbocycles. The Morgan fingerprint density at radius 3 is 2.42 bits per heavy atom. The van der Waals surface area contributed by atoms with E-state index in [0.717, 1.165) is 12.1 Å². The van der Waals surface area contributed by atoms with Crippen LogP contribution in [0.2, 0.25) is 0 Å². The topological polar surface area (TPSA) is 77.4 Å². The molecule has 0 saturated carbocycles. The van der Waals surface area contributed by atoms with Gasteiger partial charge in [-0.25, -0.2) is 9.80 Å². The number of aryl methyl sites for hydroxylation is 1. The van der Waals surface area contributed by atoms with Crippen molar-refractivity contribution in [2.45, 2.75) is 47.2 Å². The highest BCUT2D eigenvalue weighted by molar-refractivity contribution is 5.93. The first-order chi connectivity index (χ1) is 11.2. The van der Waals surface area contributed by atoms with Crippen molar-refractivity contribution in [3.8, 4) is 0 Å². The van der Waals surface area contributed by atoms with Gasteiger partial charge in [-0.1, -0.05) is 27.7 Å². The minimum Gasteiger partial charge on any atom is -0.297 e. The van der Waals surface area contributed by atoms with Gasteiger partial charge < -0.3 is 0 Å². The fraction of sp³-hybridized carbons (Fsp3) is 0.625. The van der Waals surface area contributed by atoms with Crippen molar-refractivity contribution in [1.82, 2.24) is 18.7 Å². The summed E-state index contributed by atoms with van der Waals surface area (Å²) < 4.78 is 4.61. The van der Waals surface area contributed by atoms with Crippen molar-refractivity contribution in [3.63, 3.8) is 0 Å². The molecule has 3 rings (SSSR count). The Morgan fingerprint density at radius 1 is 1.17 bits per heavy atom. The van der Waals surface area contributed by atoms with Crippen LogP contribution >= 0.6 is 0 Å². The van der Waals surface area contributed by atoms with Crippen LogP contribution in [0.3, 0.4) is 0 Å². The molecule has 3 heterocycles. The van der Waals surface area contributed by atoms with Gasteiger partial charge in [0, 0.05) is 26.1 Å². The Labute approximate surface area is 140 Å². The molecule has 0 bridgehead atoms. The number of anilines is 1. The summed E-state index contributed by atoms with van der Waals surface area (Å²) in [5.74, 6) is 0.583. The second-order valence-electron chi connectivity index (χ2n) is 7.29. The van der Waals surface area contributed by atoms with E-state index in [1.807, 2.05) is 18.5 Å². The van der Waals surface area contributed by atoms with Crippen molar-refractivity contribution >= 4 is 22.8 Å². The van der Waals surface area contributed by atoms with E-state index in [-0.39, 0.29) is 16.7 Å². The van der Waals surface area contributed by atoms with Gasteiger partial charge in [0.05, 0.1) is 12.3 Å². The fourth-order valence-electron chi connectivity index (χ4n) is 2.97. The van der Waals surface area contributed by atoms with E-state index in [4.69, 9.17) is 0 Å². The molecule has 0 aliphatic carbocycles. The average molecular weight is 332 g/mol. The SMILES string of the molecule is CCCn1c(=O)c2c(nc3n2CC(C(C)(C)C)=NN3C)n(C)c1=O. The number of hydrazone groups is 1. The van der Waals surface area contributed by atoms with E-state index in [2.05, 4.69) is 30.9 Å². The Bertz CT molecular complexity index is 954. The zero-order valence-corrected chi connectivity index (χ0v) is 15.1. The van der Waals surface area contributed by atoms with Gasteiger partial charge in [0.25, 0.3) is 5.56 Å². The van der Waals surface area contributed by atoms with Gasteiger partial charge in [0.15, 0.2) is 11.2 Å². The molecule has 0 N–H and O–H groups in total. The number of hydrogen-bond donors (Lipinski definition) is 0. The first-order valence-corrected chi connectivity index (χ1v) is 8.18. The maximum atomic E-state index is 12.9. The Balaban J connectivity index is 2.34. The molecule has 24 heavy (non-hydrogen) atoms. The third-order valence-electron chi connectivity index (χ3n) is 4.39. The average Bonchev–Trinajstić information content (AvgIpc) is 2.89. The van der Waals surface area contributed by atoms with Gasteiger partial charge in [0.1, 0.15) is 0 Å². The predicted molar refractivity (Wildman–Crippen MR) is 94.8 cm³/mol. The summed E-state index contributed by atoms with van der Waals surface area (Å²) in [5, 5.41) is 6.28. The minimum atomic E-state index is -0.329. The molecule has 130 valence electrons. The van der Waals surface area contributed by atoms with Crippen LogP contribution in [-0.2, 0) is 20.1 Å². The van der Waals surface area contributed by atoms with Crippen molar-refractivity contribution in [2.75, 3.05) is 12.1 Å². The maximum Gasteiger partial charge on any atom is 0.332 e. The lowest BCUT2D eigenvalue weighted by Gasteiger charge is -2.29. The minimum absolute atomic E-state index is 0.119. The first-order valence-electron chi connectivity index (χ1n) is 8.18. The lowest BCUT2D eigenvalue weighted by atomic mass is 9.89. The van der Waals surface area contributed by atoms with Gasteiger partial charge in [-0.2, -0.15) is 10.1 Å². The molecule has 0 radical (unpaired) electrons. The molecule has 0 atom stereocenters. The van der Waals surface area contributed by atoms with E-state index in [1.54, 1.807) is 12.1 Å². The van der Waals surface area contributed by atoms with Gasteiger partial charge in [-0.15, -0.1) is 0 Å². The summed E-state index contributed by atoms with van der Waals surface area (Å²) in [5.41, 5.74) is 1.11. The van der Waals surface area contributed by atoms with Crippen LogP contribution in [0, 0.1) is 5.41 Å². The number of nitrogens with zero attached hydrogens (tertiary/aromatic N) is 6.